The van der Waals surface area contributed by atoms with Gasteiger partial charge in [0.2, 0.25) is 0 Å². The number of nitrogens with one attached hydrogen (secondary N) is 1. The molecule has 0 aliphatic rings. The molecule has 1 aromatic carbocycles. The zero-order chi connectivity index (χ0) is 11.4. The third-order valence-electron chi connectivity index (χ3n) is 1.74. The minimum atomic E-state index is -0.790. The lowest BCUT2D eigenvalue weighted by Gasteiger charge is -2.05. The van der Waals surface area contributed by atoms with Crippen molar-refractivity contribution in [3.8, 4) is 5.75 Å². The van der Waals surface area contributed by atoms with Crippen LogP contribution in [0.2, 0.25) is 0 Å². The molecule has 1 rings (SSSR count). The van der Waals surface area contributed by atoms with Crippen molar-refractivity contribution < 1.29 is 19.7 Å². The predicted octanol–water partition coefficient (Wildman–Crippen LogP) is 0.722. The van der Waals surface area contributed by atoms with Crippen LogP contribution in [0.5, 0.6) is 5.75 Å². The normalized spacial score (nSPS) is 9.47. The van der Waals surface area contributed by atoms with Gasteiger partial charge < -0.3 is 4.74 Å². The predicted molar refractivity (Wildman–Crippen MR) is 48.9 cm³/mol. The first-order valence-electron chi connectivity index (χ1n) is 3.87. The average Bonchev–Trinajstić information content (AvgIpc) is 2.27. The first-order valence-corrected chi connectivity index (χ1v) is 3.87. The van der Waals surface area contributed by atoms with Crippen molar-refractivity contribution in [2.75, 3.05) is 7.11 Å². The van der Waals surface area contributed by atoms with Crippen LogP contribution in [0.25, 0.3) is 0 Å². The highest BCUT2D eigenvalue weighted by Crippen LogP contribution is 2.24. The molecule has 0 bridgehead atoms. The number of hydrogen-bond donors (Lipinski definition) is 2. The smallest absolute Gasteiger partial charge is 0.278 e. The quantitative estimate of drug-likeness (QED) is 0.436. The molecule has 0 saturated heterocycles. The highest BCUT2D eigenvalue weighted by Gasteiger charge is 2.15. The number of hydrogen-bond acceptors (Lipinski definition) is 5. The Morgan fingerprint density at radius 3 is 2.73 bits per heavy atom. The molecule has 0 aliphatic carbocycles. The van der Waals surface area contributed by atoms with Gasteiger partial charge in [0.15, 0.2) is 0 Å². The lowest BCUT2D eigenvalue weighted by atomic mass is 10.1. The summed E-state index contributed by atoms with van der Waals surface area (Å²) in [4.78, 5) is 20.9. The molecule has 15 heavy (non-hydrogen) atoms. The van der Waals surface area contributed by atoms with E-state index in [-0.39, 0.29) is 17.0 Å². The van der Waals surface area contributed by atoms with Gasteiger partial charge in [-0.1, -0.05) is 0 Å². The summed E-state index contributed by atoms with van der Waals surface area (Å²) in [6, 6.07) is 3.44. The van der Waals surface area contributed by atoms with Crippen molar-refractivity contribution in [2.24, 2.45) is 0 Å². The van der Waals surface area contributed by atoms with E-state index in [4.69, 9.17) is 9.94 Å². The van der Waals surface area contributed by atoms with E-state index in [2.05, 4.69) is 0 Å². The molecule has 0 unspecified atom stereocenters. The van der Waals surface area contributed by atoms with E-state index in [1.54, 1.807) is 0 Å². The summed E-state index contributed by atoms with van der Waals surface area (Å²) in [5.74, 6) is -0.766. The second-order valence-electron chi connectivity index (χ2n) is 2.58. The number of non-ortho nitro benzene ring substituents is 1. The van der Waals surface area contributed by atoms with Crippen LogP contribution in [0.3, 0.4) is 0 Å². The van der Waals surface area contributed by atoms with Crippen LogP contribution in [-0.4, -0.2) is 23.1 Å². The highest BCUT2D eigenvalue weighted by molar-refractivity contribution is 5.96. The van der Waals surface area contributed by atoms with Crippen LogP contribution in [0.1, 0.15) is 10.4 Å². The van der Waals surface area contributed by atoms with Crippen LogP contribution >= 0.6 is 0 Å². The minimum Gasteiger partial charge on any atom is -0.496 e. The molecular weight excluding hydrogens is 204 g/mol. The third kappa shape index (κ3) is 2.20. The molecule has 0 aromatic heterocycles. The Labute approximate surface area is 84.4 Å². The molecule has 7 heteroatoms. The van der Waals surface area contributed by atoms with Gasteiger partial charge >= 0.3 is 0 Å². The molecule has 0 aliphatic heterocycles. The number of methoxy groups -OCH3 is 1. The number of nitro benzene ring substituents is 1. The first-order chi connectivity index (χ1) is 7.10. The Balaban J connectivity index is 3.20. The fourth-order valence-corrected chi connectivity index (χ4v) is 1.04. The van der Waals surface area contributed by atoms with E-state index in [1.807, 2.05) is 0 Å². The Bertz CT molecular complexity index is 404. The zero-order valence-electron chi connectivity index (χ0n) is 7.76. The summed E-state index contributed by atoms with van der Waals surface area (Å²) >= 11 is 0. The highest BCUT2D eigenvalue weighted by atomic mass is 16.6. The number of nitrogens with zero attached hydrogens (tertiary/aromatic N) is 1. The molecule has 0 radical (unpaired) electrons. The number of amides is 1. The summed E-state index contributed by atoms with van der Waals surface area (Å²) in [5, 5.41) is 18.8. The molecule has 80 valence electrons. The van der Waals surface area contributed by atoms with Crippen molar-refractivity contribution in [3.05, 3.63) is 33.9 Å². The summed E-state index contributed by atoms with van der Waals surface area (Å²) in [7, 11) is 1.27. The van der Waals surface area contributed by atoms with Crippen molar-refractivity contribution in [3.63, 3.8) is 0 Å². The van der Waals surface area contributed by atoms with E-state index >= 15 is 0 Å². The second-order valence-corrected chi connectivity index (χ2v) is 2.58. The van der Waals surface area contributed by atoms with E-state index in [9.17, 15) is 14.9 Å². The van der Waals surface area contributed by atoms with Gasteiger partial charge in [-0.3, -0.25) is 20.1 Å². The first kappa shape index (κ1) is 10.9. The summed E-state index contributed by atoms with van der Waals surface area (Å²) < 4.78 is 4.78. The van der Waals surface area contributed by atoms with Gasteiger partial charge in [-0.05, 0) is 6.07 Å². The topological polar surface area (TPSA) is 102 Å². The van der Waals surface area contributed by atoms with Crippen LogP contribution in [0.4, 0.5) is 5.69 Å². The maximum absolute atomic E-state index is 11.1. The summed E-state index contributed by atoms with van der Waals surface area (Å²) in [5.41, 5.74) is 1.24. The van der Waals surface area contributed by atoms with E-state index < -0.39 is 10.8 Å². The standard InChI is InChI=1S/C8H8N2O5/c1-15-7-4-5(10(13)14)2-3-6(7)8(11)9-12/h2-4,12H,1H3,(H,9,11). The Kier molecular flexibility index (Phi) is 3.19. The molecule has 0 saturated carbocycles. The summed E-state index contributed by atoms with van der Waals surface area (Å²) in [6.07, 6.45) is 0. The molecule has 0 heterocycles. The third-order valence-corrected chi connectivity index (χ3v) is 1.74. The number of benzene rings is 1. The maximum atomic E-state index is 11.1. The average molecular weight is 212 g/mol. The molecule has 0 atom stereocenters. The molecule has 1 amide bonds. The Morgan fingerprint density at radius 1 is 1.60 bits per heavy atom. The van der Waals surface area contributed by atoms with Gasteiger partial charge in [0, 0.05) is 6.07 Å². The van der Waals surface area contributed by atoms with Crippen molar-refractivity contribution in [1.82, 2.24) is 5.48 Å². The van der Waals surface area contributed by atoms with Crippen LogP contribution in [0.15, 0.2) is 18.2 Å². The number of carbonyl (C=O) groups excluding carboxylic acids is 1. The molecule has 2 N–H and O–H groups in total. The summed E-state index contributed by atoms with van der Waals surface area (Å²) in [6.45, 7) is 0. The monoisotopic (exact) mass is 212 g/mol. The molecule has 0 spiro atoms. The van der Waals surface area contributed by atoms with Crippen molar-refractivity contribution in [1.29, 1.82) is 0 Å². The van der Waals surface area contributed by atoms with Crippen molar-refractivity contribution >= 4 is 11.6 Å². The molecule has 0 fully saturated rings. The van der Waals surface area contributed by atoms with Gasteiger partial charge in [0.1, 0.15) is 5.75 Å². The number of rotatable bonds is 3. The zero-order valence-corrected chi connectivity index (χ0v) is 7.76. The van der Waals surface area contributed by atoms with Gasteiger partial charge in [-0.15, -0.1) is 0 Å². The fourth-order valence-electron chi connectivity index (χ4n) is 1.04. The minimum absolute atomic E-state index is 0.0191. The lowest BCUT2D eigenvalue weighted by molar-refractivity contribution is -0.384. The molecule has 1 aromatic rings. The van der Waals surface area contributed by atoms with Crippen LogP contribution in [0, 0.1) is 10.1 Å². The second kappa shape index (κ2) is 4.38. The Morgan fingerprint density at radius 2 is 2.27 bits per heavy atom. The molecule has 7 nitrogen and oxygen atoms in total. The van der Waals surface area contributed by atoms with E-state index in [0.29, 0.717) is 0 Å². The van der Waals surface area contributed by atoms with E-state index in [1.165, 1.54) is 18.7 Å². The van der Waals surface area contributed by atoms with Crippen LogP contribution < -0.4 is 10.2 Å². The SMILES string of the molecule is COc1cc([N+](=O)[O-])ccc1C(=O)NO. The van der Waals surface area contributed by atoms with Crippen molar-refractivity contribution in [2.45, 2.75) is 0 Å². The lowest BCUT2D eigenvalue weighted by Crippen LogP contribution is -2.19. The van der Waals surface area contributed by atoms with Crippen LogP contribution in [-0.2, 0) is 0 Å². The maximum Gasteiger partial charge on any atom is 0.278 e. The van der Waals surface area contributed by atoms with Gasteiger partial charge in [0.05, 0.1) is 23.7 Å². The Hall–Kier alpha value is -2.15. The molecular formula is C8H8N2O5. The fraction of sp³-hybridized carbons (Fsp3) is 0.125. The van der Waals surface area contributed by atoms with Gasteiger partial charge in [-0.2, -0.15) is 0 Å². The van der Waals surface area contributed by atoms with E-state index in [0.717, 1.165) is 12.1 Å². The van der Waals surface area contributed by atoms with Gasteiger partial charge in [-0.25, -0.2) is 5.48 Å². The number of carbonyl (C=O) groups is 1. The number of nitro groups is 1. The van der Waals surface area contributed by atoms with Gasteiger partial charge in [0.25, 0.3) is 11.6 Å². The number of ether oxygens (including phenoxy) is 1. The number of hydroxylamine groups is 1. The largest absolute Gasteiger partial charge is 0.496 e.